The van der Waals surface area contributed by atoms with Crippen molar-refractivity contribution in [2.75, 3.05) is 24.2 Å². The van der Waals surface area contributed by atoms with Gasteiger partial charge in [0.25, 0.3) is 5.91 Å². The van der Waals surface area contributed by atoms with Crippen molar-refractivity contribution in [2.24, 2.45) is 5.16 Å². The second-order valence-corrected chi connectivity index (χ2v) is 14.5. The molecule has 0 spiro atoms. The number of sulfonamides is 1. The highest BCUT2D eigenvalue weighted by Gasteiger charge is 2.26. The summed E-state index contributed by atoms with van der Waals surface area (Å²) in [6.45, 7) is 2.21. The van der Waals surface area contributed by atoms with Gasteiger partial charge in [-0.05, 0) is 84.6 Å². The highest BCUT2D eigenvalue weighted by Crippen LogP contribution is 2.31. The molecule has 5 rings (SSSR count). The number of nitrogens with one attached hydrogen (secondary N) is 2. The molecule has 13 heteroatoms. The van der Waals surface area contributed by atoms with Gasteiger partial charge in [-0.25, -0.2) is 21.5 Å². The van der Waals surface area contributed by atoms with Gasteiger partial charge < -0.3 is 25.3 Å². The smallest absolute Gasteiger partial charge is 0.251 e. The Morgan fingerprint density at radius 3 is 2.13 bits per heavy atom. The molecule has 0 aliphatic carbocycles. The maximum atomic E-state index is 14.2. The van der Waals surface area contributed by atoms with Crippen LogP contribution >= 0.6 is 0 Å². The minimum Gasteiger partial charge on any atom is -0.497 e. The fourth-order valence-electron chi connectivity index (χ4n) is 5.80. The third kappa shape index (κ3) is 11.2. The number of oxime groups is 1. The molecule has 5 aromatic rings. The van der Waals surface area contributed by atoms with Crippen molar-refractivity contribution in [1.82, 2.24) is 10.6 Å². The molecule has 0 radical (unpaired) electrons. The van der Waals surface area contributed by atoms with E-state index in [1.54, 1.807) is 50.4 Å². The Kier molecular flexibility index (Phi) is 13.5. The van der Waals surface area contributed by atoms with Crippen LogP contribution in [0.2, 0.25) is 0 Å². The van der Waals surface area contributed by atoms with Gasteiger partial charge in [0.05, 0.1) is 42.6 Å². The quantitative estimate of drug-likeness (QED) is 0.0730. The number of aliphatic hydroxyl groups is 1. The number of aliphatic hydroxyl groups excluding tert-OH is 1. The summed E-state index contributed by atoms with van der Waals surface area (Å²) in [5.74, 6) is -1.61. The fraction of sp³-hybridized carbons (Fsp3) is 0.220. The van der Waals surface area contributed by atoms with Crippen LogP contribution < -0.4 is 19.7 Å². The highest BCUT2D eigenvalue weighted by molar-refractivity contribution is 7.92. The molecule has 3 N–H and O–H groups in total. The molecule has 54 heavy (non-hydrogen) atoms. The largest absolute Gasteiger partial charge is 0.497 e. The zero-order valence-corrected chi connectivity index (χ0v) is 30.9. The average Bonchev–Trinajstić information content (AvgIpc) is 3.14. The fourth-order valence-corrected chi connectivity index (χ4v) is 6.79. The zero-order valence-electron chi connectivity index (χ0n) is 30.1. The van der Waals surface area contributed by atoms with Crippen LogP contribution in [-0.4, -0.2) is 57.2 Å². The van der Waals surface area contributed by atoms with E-state index >= 15 is 0 Å². The second kappa shape index (κ2) is 18.4. The molecule has 2 atom stereocenters. The van der Waals surface area contributed by atoms with Crippen molar-refractivity contribution in [3.63, 3.8) is 0 Å². The SMILES string of the molecule is COc1cccc(CNC[C@@H](O)[C@H](Cc2cc(F)cc(F)c2)NC(=O)c2cc(/C(C)=N\OCc3ccccc3)cc(N(c3ccccc3)S(C)(=O)=O)c2)c1. The first-order valence-corrected chi connectivity index (χ1v) is 18.9. The molecule has 0 aromatic heterocycles. The number of methoxy groups -OCH3 is 1. The van der Waals surface area contributed by atoms with Crippen LogP contribution in [0, 0.1) is 11.6 Å². The molecule has 0 fully saturated rings. The maximum absolute atomic E-state index is 14.2. The third-order valence-electron chi connectivity index (χ3n) is 8.41. The van der Waals surface area contributed by atoms with Gasteiger partial charge in [0.15, 0.2) is 0 Å². The topological polar surface area (TPSA) is 130 Å². The average molecular weight is 757 g/mol. The van der Waals surface area contributed by atoms with E-state index in [-0.39, 0.29) is 36.4 Å². The number of halogens is 2. The summed E-state index contributed by atoms with van der Waals surface area (Å²) in [4.78, 5) is 19.7. The maximum Gasteiger partial charge on any atom is 0.251 e. The molecule has 0 aliphatic heterocycles. The van der Waals surface area contributed by atoms with Gasteiger partial charge in [-0.1, -0.05) is 65.8 Å². The number of ether oxygens (including phenoxy) is 1. The van der Waals surface area contributed by atoms with Crippen molar-refractivity contribution >= 4 is 33.0 Å². The molecule has 0 bridgehead atoms. The van der Waals surface area contributed by atoms with Crippen molar-refractivity contribution in [3.05, 3.63) is 161 Å². The van der Waals surface area contributed by atoms with E-state index < -0.39 is 39.7 Å². The number of anilines is 2. The lowest BCUT2D eigenvalue weighted by molar-refractivity contribution is 0.0829. The minimum absolute atomic E-state index is 0.00558. The van der Waals surface area contributed by atoms with E-state index in [1.807, 2.05) is 54.6 Å². The molecule has 282 valence electrons. The Morgan fingerprint density at radius 1 is 0.815 bits per heavy atom. The first-order valence-electron chi connectivity index (χ1n) is 17.1. The minimum atomic E-state index is -3.93. The van der Waals surface area contributed by atoms with Crippen LogP contribution in [0.15, 0.2) is 126 Å². The molecule has 0 saturated carbocycles. The highest BCUT2D eigenvalue weighted by atomic mass is 32.2. The molecule has 0 heterocycles. The molecule has 0 unspecified atom stereocenters. The van der Waals surface area contributed by atoms with Gasteiger partial charge in [-0.3, -0.25) is 4.79 Å². The van der Waals surface area contributed by atoms with E-state index in [0.717, 1.165) is 39.9 Å². The molecule has 10 nitrogen and oxygen atoms in total. The second-order valence-electron chi connectivity index (χ2n) is 12.7. The van der Waals surface area contributed by atoms with Crippen molar-refractivity contribution < 1.29 is 36.7 Å². The van der Waals surface area contributed by atoms with Gasteiger partial charge in [-0.15, -0.1) is 0 Å². The predicted octanol–water partition coefficient (Wildman–Crippen LogP) is 6.50. The monoisotopic (exact) mass is 756 g/mol. The number of rotatable bonds is 17. The first-order chi connectivity index (χ1) is 25.9. The van der Waals surface area contributed by atoms with Crippen LogP contribution in [0.25, 0.3) is 0 Å². The Hall–Kier alpha value is -5.63. The molecule has 1 amide bonds. The number of carbonyl (C=O) groups is 1. The van der Waals surface area contributed by atoms with E-state index in [0.29, 0.717) is 29.3 Å². The normalized spacial score (nSPS) is 12.8. The first kappa shape index (κ1) is 39.6. The Bertz CT molecular complexity index is 2150. The molecule has 5 aromatic carbocycles. The van der Waals surface area contributed by atoms with Gasteiger partial charge in [0.2, 0.25) is 10.0 Å². The number of nitrogens with zero attached hydrogens (tertiary/aromatic N) is 2. The molecule has 0 aliphatic rings. The summed E-state index contributed by atoms with van der Waals surface area (Å²) < 4.78 is 61.4. The Morgan fingerprint density at radius 2 is 1.46 bits per heavy atom. The van der Waals surface area contributed by atoms with Gasteiger partial charge >= 0.3 is 0 Å². The van der Waals surface area contributed by atoms with E-state index in [4.69, 9.17) is 9.57 Å². The van der Waals surface area contributed by atoms with Crippen molar-refractivity contribution in [3.8, 4) is 5.75 Å². The van der Waals surface area contributed by atoms with Crippen LogP contribution in [0.3, 0.4) is 0 Å². The number of para-hydroxylation sites is 1. The lowest BCUT2D eigenvalue weighted by Crippen LogP contribution is -2.48. The zero-order chi connectivity index (χ0) is 38.7. The van der Waals surface area contributed by atoms with E-state index in [9.17, 15) is 27.1 Å². The van der Waals surface area contributed by atoms with Crippen molar-refractivity contribution in [1.29, 1.82) is 0 Å². The summed E-state index contributed by atoms with van der Waals surface area (Å²) in [6.07, 6.45) is -0.290. The summed E-state index contributed by atoms with van der Waals surface area (Å²) in [5.41, 5.74) is 3.25. The van der Waals surface area contributed by atoms with Gasteiger partial charge in [0.1, 0.15) is 24.0 Å². The van der Waals surface area contributed by atoms with Crippen LogP contribution in [-0.2, 0) is 34.4 Å². The van der Waals surface area contributed by atoms with E-state index in [1.165, 1.54) is 12.1 Å². The van der Waals surface area contributed by atoms with Crippen LogP contribution in [0.5, 0.6) is 5.75 Å². The number of benzene rings is 5. The van der Waals surface area contributed by atoms with Crippen LogP contribution in [0.4, 0.5) is 20.2 Å². The van der Waals surface area contributed by atoms with Gasteiger partial charge in [0, 0.05) is 30.3 Å². The Labute approximate surface area is 314 Å². The predicted molar refractivity (Wildman–Crippen MR) is 205 cm³/mol. The van der Waals surface area contributed by atoms with Crippen molar-refractivity contribution in [2.45, 2.75) is 38.6 Å². The lowest BCUT2D eigenvalue weighted by atomic mass is 9.99. The number of carbonyl (C=O) groups excluding carboxylic acids is 1. The molecular formula is C41H42F2N4O6S. The van der Waals surface area contributed by atoms with E-state index in [2.05, 4.69) is 15.8 Å². The standard InChI is InChI=1S/C41H42F2N4O6S/c1-28(46-53-27-29-11-6-4-7-12-29)32-21-33(23-37(22-32)47(54(3,50)51)36-14-8-5-9-15-36)41(49)45-39(20-31-17-34(42)24-35(43)18-31)40(48)26-44-25-30-13-10-16-38(19-30)52-2/h4-19,21-24,39-40,44,48H,20,25-27H2,1-3H3,(H,45,49)/b46-28-/t39-,40+/m0/s1. The number of hydrogen-bond acceptors (Lipinski definition) is 8. The Balaban J connectivity index is 1.47. The summed E-state index contributed by atoms with van der Waals surface area (Å²) in [6, 6.07) is 31.7. The number of hydrogen-bond donors (Lipinski definition) is 3. The summed E-state index contributed by atoms with van der Waals surface area (Å²) in [7, 11) is -2.37. The molecule has 0 saturated heterocycles. The number of amides is 1. The van der Waals surface area contributed by atoms with Crippen LogP contribution in [0.1, 0.15) is 39.5 Å². The third-order valence-corrected chi connectivity index (χ3v) is 9.49. The lowest BCUT2D eigenvalue weighted by Gasteiger charge is -2.26. The summed E-state index contributed by atoms with van der Waals surface area (Å²) >= 11 is 0. The summed E-state index contributed by atoms with van der Waals surface area (Å²) in [5, 5.41) is 21.6. The molecular weight excluding hydrogens is 715 g/mol. The van der Waals surface area contributed by atoms with Gasteiger partial charge in [-0.2, -0.15) is 0 Å².